The molecule has 8 nitrogen and oxygen atoms in total. The molecule has 0 spiro atoms. The summed E-state index contributed by atoms with van der Waals surface area (Å²) in [6, 6.07) is 4.99. The molecule has 1 N–H and O–H groups in total. The van der Waals surface area contributed by atoms with Gasteiger partial charge in [-0.05, 0) is 23.8 Å². The molecule has 2 rings (SSSR count). The molecule has 0 unspecified atom stereocenters. The van der Waals surface area contributed by atoms with Crippen LogP contribution in [0.3, 0.4) is 0 Å². The number of pyridine rings is 1. The molecular weight excluding hydrogens is 348 g/mol. The molecule has 122 valence electrons. The SMILES string of the molecule is CS(=O)(=O)c1ccc(Cl)c(Cn2ccc(O)c([N+](=O)[O-])c2=O)c1. The Balaban J connectivity index is 2.55. The van der Waals surface area contributed by atoms with Gasteiger partial charge in [-0.3, -0.25) is 14.9 Å². The van der Waals surface area contributed by atoms with Gasteiger partial charge < -0.3 is 9.67 Å². The highest BCUT2D eigenvalue weighted by molar-refractivity contribution is 7.90. The lowest BCUT2D eigenvalue weighted by atomic mass is 10.2. The summed E-state index contributed by atoms with van der Waals surface area (Å²) in [5.74, 6) is -0.743. The standard InChI is InChI=1S/C13H11ClN2O6S/c1-23(21,22)9-2-3-10(14)8(6-9)7-15-5-4-11(17)12(13(15)18)16(19)20/h2-6,17H,7H2,1H3. The Hall–Kier alpha value is -2.39. The lowest BCUT2D eigenvalue weighted by Gasteiger charge is -2.09. The molecule has 0 atom stereocenters. The average molecular weight is 359 g/mol. The molecule has 10 heteroatoms. The van der Waals surface area contributed by atoms with E-state index in [1.54, 1.807) is 0 Å². The number of rotatable bonds is 4. The fraction of sp³-hybridized carbons (Fsp3) is 0.154. The predicted molar refractivity (Wildman–Crippen MR) is 82.7 cm³/mol. The van der Waals surface area contributed by atoms with E-state index in [0.29, 0.717) is 5.56 Å². The highest BCUT2D eigenvalue weighted by atomic mass is 35.5. The van der Waals surface area contributed by atoms with Crippen molar-refractivity contribution in [2.45, 2.75) is 11.4 Å². The minimum absolute atomic E-state index is 0.0122. The molecule has 0 saturated heterocycles. The van der Waals surface area contributed by atoms with Gasteiger partial charge in [0, 0.05) is 23.5 Å². The number of hydrogen-bond donors (Lipinski definition) is 1. The summed E-state index contributed by atoms with van der Waals surface area (Å²) in [4.78, 5) is 21.9. The molecule has 0 aliphatic rings. The largest absolute Gasteiger partial charge is 0.502 e. The Morgan fingerprint density at radius 2 is 2.00 bits per heavy atom. The van der Waals surface area contributed by atoms with Crippen LogP contribution in [-0.4, -0.2) is 29.3 Å². The average Bonchev–Trinajstić information content (AvgIpc) is 2.42. The minimum Gasteiger partial charge on any atom is -0.502 e. The summed E-state index contributed by atoms with van der Waals surface area (Å²) in [7, 11) is -3.47. The van der Waals surface area contributed by atoms with Gasteiger partial charge in [-0.2, -0.15) is 0 Å². The number of benzene rings is 1. The maximum absolute atomic E-state index is 12.0. The van der Waals surface area contributed by atoms with E-state index in [2.05, 4.69) is 0 Å². The number of hydrogen-bond acceptors (Lipinski definition) is 6. The lowest BCUT2D eigenvalue weighted by Crippen LogP contribution is -2.22. The molecule has 1 aromatic carbocycles. The fourth-order valence-electron chi connectivity index (χ4n) is 1.94. The first-order valence-corrected chi connectivity index (χ1v) is 8.43. The number of nitrogens with zero attached hydrogens (tertiary/aromatic N) is 2. The second-order valence-electron chi connectivity index (χ2n) is 4.77. The summed E-state index contributed by atoms with van der Waals surface area (Å²) >= 11 is 5.99. The van der Waals surface area contributed by atoms with Gasteiger partial charge in [0.25, 0.3) is 0 Å². The number of sulfone groups is 1. The Labute approximate surface area is 135 Å². The number of halogens is 1. The summed E-state index contributed by atoms with van der Waals surface area (Å²) in [5.41, 5.74) is -1.67. The molecule has 0 fully saturated rings. The summed E-state index contributed by atoms with van der Waals surface area (Å²) in [6.45, 7) is -0.178. The van der Waals surface area contributed by atoms with Gasteiger partial charge in [-0.25, -0.2) is 8.42 Å². The highest BCUT2D eigenvalue weighted by Crippen LogP contribution is 2.23. The van der Waals surface area contributed by atoms with E-state index in [1.807, 2.05) is 0 Å². The Morgan fingerprint density at radius 3 is 2.57 bits per heavy atom. The van der Waals surface area contributed by atoms with Crippen molar-refractivity contribution in [3.8, 4) is 5.75 Å². The molecule has 1 aromatic heterocycles. The van der Waals surface area contributed by atoms with Crippen molar-refractivity contribution in [3.05, 3.63) is 61.5 Å². The molecule has 0 aliphatic carbocycles. The van der Waals surface area contributed by atoms with E-state index in [1.165, 1.54) is 18.2 Å². The highest BCUT2D eigenvalue weighted by Gasteiger charge is 2.21. The zero-order valence-corrected chi connectivity index (χ0v) is 13.3. The van der Waals surface area contributed by atoms with Gasteiger partial charge in [-0.1, -0.05) is 11.6 Å². The third-order valence-electron chi connectivity index (χ3n) is 3.09. The Bertz CT molecular complexity index is 951. The van der Waals surface area contributed by atoms with Crippen LogP contribution in [0, 0.1) is 10.1 Å². The fourth-order valence-corrected chi connectivity index (χ4v) is 2.78. The van der Waals surface area contributed by atoms with E-state index in [4.69, 9.17) is 11.6 Å². The van der Waals surface area contributed by atoms with Crippen LogP contribution in [0.2, 0.25) is 5.02 Å². The van der Waals surface area contributed by atoms with Gasteiger partial charge in [0.1, 0.15) is 0 Å². The molecular formula is C13H11ClN2O6S. The second-order valence-corrected chi connectivity index (χ2v) is 7.19. The number of aromatic hydroxyl groups is 1. The summed E-state index contributed by atoms with van der Waals surface area (Å²) in [5, 5.41) is 20.4. The molecule has 23 heavy (non-hydrogen) atoms. The predicted octanol–water partition coefficient (Wildman–Crippen LogP) is 1.57. The molecule has 1 heterocycles. The van der Waals surface area contributed by atoms with E-state index in [-0.39, 0.29) is 16.5 Å². The van der Waals surface area contributed by atoms with E-state index < -0.39 is 31.8 Å². The topological polar surface area (TPSA) is 120 Å². The maximum Gasteiger partial charge on any atom is 0.375 e. The van der Waals surface area contributed by atoms with Crippen LogP contribution < -0.4 is 5.56 Å². The van der Waals surface area contributed by atoms with Gasteiger partial charge in [0.2, 0.25) is 5.75 Å². The van der Waals surface area contributed by atoms with Crippen molar-refractivity contribution >= 4 is 27.1 Å². The van der Waals surface area contributed by atoms with Gasteiger partial charge >= 0.3 is 11.2 Å². The lowest BCUT2D eigenvalue weighted by molar-refractivity contribution is -0.387. The number of nitro groups is 1. The first kappa shape index (κ1) is 17.0. The van der Waals surface area contributed by atoms with Crippen LogP contribution in [0.5, 0.6) is 5.75 Å². The normalized spacial score (nSPS) is 11.4. The molecule has 0 bridgehead atoms. The van der Waals surface area contributed by atoms with Gasteiger partial charge in [0.15, 0.2) is 9.84 Å². The van der Waals surface area contributed by atoms with E-state index >= 15 is 0 Å². The maximum atomic E-state index is 12.0. The van der Waals surface area contributed by atoms with Crippen molar-refractivity contribution in [3.63, 3.8) is 0 Å². The summed E-state index contributed by atoms with van der Waals surface area (Å²) in [6.07, 6.45) is 2.19. The minimum atomic E-state index is -3.47. The van der Waals surface area contributed by atoms with Crippen molar-refractivity contribution in [1.82, 2.24) is 4.57 Å². The summed E-state index contributed by atoms with van der Waals surface area (Å²) < 4.78 is 24.1. The van der Waals surface area contributed by atoms with E-state index in [9.17, 15) is 28.4 Å². The Morgan fingerprint density at radius 1 is 1.35 bits per heavy atom. The monoisotopic (exact) mass is 358 g/mol. The molecule has 0 aliphatic heterocycles. The van der Waals surface area contributed by atoms with Crippen molar-refractivity contribution < 1.29 is 18.4 Å². The van der Waals surface area contributed by atoms with Crippen molar-refractivity contribution in [2.24, 2.45) is 0 Å². The first-order valence-electron chi connectivity index (χ1n) is 6.16. The third-order valence-corrected chi connectivity index (χ3v) is 4.57. The molecule has 0 radical (unpaired) electrons. The van der Waals surface area contributed by atoms with Crippen LogP contribution in [0.15, 0.2) is 40.2 Å². The van der Waals surface area contributed by atoms with Crippen LogP contribution in [0.25, 0.3) is 0 Å². The van der Waals surface area contributed by atoms with Gasteiger partial charge in [0.05, 0.1) is 16.4 Å². The molecule has 0 amide bonds. The van der Waals surface area contributed by atoms with Crippen LogP contribution >= 0.6 is 11.6 Å². The smallest absolute Gasteiger partial charge is 0.375 e. The quantitative estimate of drug-likeness (QED) is 0.654. The van der Waals surface area contributed by atoms with Crippen LogP contribution in [0.4, 0.5) is 5.69 Å². The third kappa shape index (κ3) is 3.51. The van der Waals surface area contributed by atoms with Gasteiger partial charge in [-0.15, -0.1) is 0 Å². The van der Waals surface area contributed by atoms with Crippen molar-refractivity contribution in [2.75, 3.05) is 6.26 Å². The van der Waals surface area contributed by atoms with Crippen LogP contribution in [0.1, 0.15) is 5.56 Å². The Kier molecular flexibility index (Phi) is 4.44. The van der Waals surface area contributed by atoms with Crippen molar-refractivity contribution in [1.29, 1.82) is 0 Å². The van der Waals surface area contributed by atoms with Crippen LogP contribution in [-0.2, 0) is 16.4 Å². The number of aromatic nitrogens is 1. The van der Waals surface area contributed by atoms with E-state index in [0.717, 1.165) is 23.1 Å². The molecule has 2 aromatic rings. The first-order chi connectivity index (χ1) is 10.6. The zero-order valence-electron chi connectivity index (χ0n) is 11.8. The molecule has 0 saturated carbocycles. The zero-order chi connectivity index (χ0) is 17.4. The second kappa shape index (κ2) is 6.01.